The van der Waals surface area contributed by atoms with Crippen molar-refractivity contribution in [2.45, 2.75) is 27.2 Å². The lowest BCUT2D eigenvalue weighted by Crippen LogP contribution is -2.09. The van der Waals surface area contributed by atoms with Crippen LogP contribution in [0.2, 0.25) is 0 Å². The fourth-order valence-electron chi connectivity index (χ4n) is 2.34. The summed E-state index contributed by atoms with van der Waals surface area (Å²) in [7, 11) is 4.32. The number of carbonyl (C=O) groups excluding carboxylic acids is 1. The second-order valence-corrected chi connectivity index (χ2v) is 7.74. The van der Waals surface area contributed by atoms with Crippen molar-refractivity contribution < 1.29 is 19.4 Å². The van der Waals surface area contributed by atoms with Crippen LogP contribution in [0.5, 0.6) is 11.5 Å². The summed E-state index contributed by atoms with van der Waals surface area (Å²) in [5, 5.41) is 7.00. The highest BCUT2D eigenvalue weighted by atomic mass is 127. The number of hydrogen-bond acceptors (Lipinski definition) is 6. The zero-order valence-corrected chi connectivity index (χ0v) is 18.5. The second kappa shape index (κ2) is 13.4. The predicted molar refractivity (Wildman–Crippen MR) is 114 cm³/mol. The molecule has 0 saturated carbocycles. The van der Waals surface area contributed by atoms with Crippen LogP contribution in [-0.2, 0) is 6.42 Å². The van der Waals surface area contributed by atoms with Crippen LogP contribution in [0.4, 0.5) is 0 Å². The molecule has 1 aromatic rings. The number of rotatable bonds is 9. The molecule has 1 rings (SSSR count). The van der Waals surface area contributed by atoms with Crippen LogP contribution in [0.1, 0.15) is 34.0 Å². The van der Waals surface area contributed by atoms with Crippen molar-refractivity contribution in [3.05, 3.63) is 33.9 Å². The molecule has 0 saturated heterocycles. The van der Waals surface area contributed by atoms with E-state index in [4.69, 9.17) is 20.3 Å². The van der Waals surface area contributed by atoms with E-state index in [0.717, 1.165) is 47.2 Å². The van der Waals surface area contributed by atoms with Gasteiger partial charge in [0.25, 0.3) is 0 Å². The Labute approximate surface area is 166 Å². The Morgan fingerprint density at radius 1 is 1.28 bits per heavy atom. The fourth-order valence-corrected chi connectivity index (χ4v) is 3.02. The van der Waals surface area contributed by atoms with Gasteiger partial charge in [0, 0.05) is 25.0 Å². The molecule has 7 heteroatoms. The molecule has 3 N–H and O–H groups in total. The normalized spacial score (nSPS) is 10.8. The minimum absolute atomic E-state index is 0.509. The lowest BCUT2D eigenvalue weighted by Gasteiger charge is -2.20. The van der Waals surface area contributed by atoms with E-state index < -0.39 is 0 Å². The summed E-state index contributed by atoms with van der Waals surface area (Å²) < 4.78 is 11.6. The average molecular weight is 481 g/mol. The Morgan fingerprint density at radius 2 is 1.92 bits per heavy atom. The maximum atomic E-state index is 11.6. The van der Waals surface area contributed by atoms with Crippen LogP contribution in [0.3, 0.4) is 0 Å². The summed E-state index contributed by atoms with van der Waals surface area (Å²) in [5.74, 6) is 2.27. The van der Waals surface area contributed by atoms with Gasteiger partial charge in [0.2, 0.25) is 0 Å². The molecule has 0 spiro atoms. The molecule has 5 nitrogen and oxygen atoms in total. The van der Waals surface area contributed by atoms with Gasteiger partial charge in [-0.1, -0.05) is 20.6 Å². The van der Waals surface area contributed by atoms with Gasteiger partial charge in [-0.05, 0) is 59.5 Å². The van der Waals surface area contributed by atoms with Crippen molar-refractivity contribution in [2.24, 2.45) is 5.73 Å². The summed E-state index contributed by atoms with van der Waals surface area (Å²) in [6.45, 7) is 6.93. The summed E-state index contributed by atoms with van der Waals surface area (Å²) in [4.78, 5) is 11.6. The highest BCUT2D eigenvalue weighted by Gasteiger charge is 2.21. The molecule has 25 heavy (non-hydrogen) atoms. The molecule has 0 aliphatic rings. The number of hydrogen-bond donors (Lipinski definition) is 2. The fraction of sp³-hybridized carbons (Fsp3) is 0.500. The van der Waals surface area contributed by atoms with Gasteiger partial charge in [0.15, 0.2) is 6.29 Å². The van der Waals surface area contributed by atoms with Gasteiger partial charge in [0.05, 0.1) is 19.3 Å². The molecule has 0 aromatic heterocycles. The SMILES string of the molecule is CO.COc1c(C)c(C)c(C=O)c(OCCSI)c1C/C=C(\C)CN. The Kier molecular flexibility index (Phi) is 13.0. The molecule has 0 aliphatic carbocycles. The molecular formula is C18H28INO4S. The maximum Gasteiger partial charge on any atom is 0.154 e. The monoisotopic (exact) mass is 481 g/mol. The maximum absolute atomic E-state index is 11.6. The Balaban J connectivity index is 0.00000277. The predicted octanol–water partition coefficient (Wildman–Crippen LogP) is 3.64. The average Bonchev–Trinajstić information content (AvgIpc) is 2.64. The van der Waals surface area contributed by atoms with Crippen LogP contribution in [0.15, 0.2) is 11.6 Å². The summed E-state index contributed by atoms with van der Waals surface area (Å²) in [6.07, 6.45) is 3.55. The molecule has 142 valence electrons. The smallest absolute Gasteiger partial charge is 0.154 e. The van der Waals surface area contributed by atoms with E-state index in [1.165, 1.54) is 0 Å². The molecule has 0 radical (unpaired) electrons. The first-order chi connectivity index (χ1) is 12.0. The number of carbonyl (C=O) groups is 1. The lowest BCUT2D eigenvalue weighted by atomic mass is 9.95. The third-order valence-corrected chi connectivity index (χ3v) is 5.45. The summed E-state index contributed by atoms with van der Waals surface area (Å²) in [5.41, 5.74) is 10.1. The van der Waals surface area contributed by atoms with Crippen molar-refractivity contribution in [3.63, 3.8) is 0 Å². The van der Waals surface area contributed by atoms with Crippen molar-refractivity contribution >= 4 is 36.4 Å². The van der Waals surface area contributed by atoms with Crippen LogP contribution in [0.25, 0.3) is 0 Å². The molecule has 0 atom stereocenters. The topological polar surface area (TPSA) is 81.8 Å². The minimum Gasteiger partial charge on any atom is -0.496 e. The van der Waals surface area contributed by atoms with E-state index in [-0.39, 0.29) is 0 Å². The summed E-state index contributed by atoms with van der Waals surface area (Å²) >= 11 is 2.23. The van der Waals surface area contributed by atoms with Gasteiger partial charge in [-0.3, -0.25) is 4.79 Å². The summed E-state index contributed by atoms with van der Waals surface area (Å²) in [6, 6.07) is 0. The third-order valence-electron chi connectivity index (χ3n) is 3.81. The molecule has 0 aliphatic heterocycles. The Bertz CT molecular complexity index is 591. The van der Waals surface area contributed by atoms with Crippen molar-refractivity contribution in [3.8, 4) is 11.5 Å². The second-order valence-electron chi connectivity index (χ2n) is 5.24. The molecule has 0 bridgehead atoms. The number of aliphatic hydroxyl groups excluding tert-OH is 1. The number of nitrogens with two attached hydrogens (primary N) is 1. The highest BCUT2D eigenvalue weighted by Crippen LogP contribution is 2.38. The van der Waals surface area contributed by atoms with Crippen LogP contribution < -0.4 is 15.2 Å². The van der Waals surface area contributed by atoms with Gasteiger partial charge in [0.1, 0.15) is 11.5 Å². The largest absolute Gasteiger partial charge is 0.496 e. The van der Waals surface area contributed by atoms with Crippen molar-refractivity contribution in [1.29, 1.82) is 0 Å². The molecule has 0 heterocycles. The third kappa shape index (κ3) is 6.80. The molecule has 0 unspecified atom stereocenters. The van der Waals surface area contributed by atoms with Gasteiger partial charge in [-0.25, -0.2) is 0 Å². The molecule has 1 aromatic carbocycles. The lowest BCUT2D eigenvalue weighted by molar-refractivity contribution is 0.111. The quantitative estimate of drug-likeness (QED) is 0.243. The number of aliphatic hydroxyl groups is 1. The molecule has 0 amide bonds. The first kappa shape index (κ1) is 24.2. The number of benzene rings is 1. The highest BCUT2D eigenvalue weighted by molar-refractivity contribution is 14.2. The van der Waals surface area contributed by atoms with E-state index in [0.29, 0.717) is 30.9 Å². The van der Waals surface area contributed by atoms with E-state index in [2.05, 4.69) is 27.3 Å². The Hall–Kier alpha value is -0.770. The number of aldehydes is 1. The standard InChI is InChI=1S/C17H24INO3S.CH4O/c1-11(9-19)5-6-14-16(21-4)13(3)12(2)15(10-20)17(14)22-7-8-23-18;1-2/h5,10H,6-9,19H2,1-4H3;2H,1H3/b11-5+;. The molecule has 0 fully saturated rings. The van der Waals surface area contributed by atoms with E-state index >= 15 is 0 Å². The first-order valence-electron chi connectivity index (χ1n) is 7.83. The number of halogens is 1. The zero-order chi connectivity index (χ0) is 19.4. The van der Waals surface area contributed by atoms with Gasteiger partial charge >= 0.3 is 0 Å². The minimum atomic E-state index is 0.509. The van der Waals surface area contributed by atoms with Crippen molar-refractivity contribution in [1.82, 2.24) is 0 Å². The molecular weight excluding hydrogens is 453 g/mol. The Morgan fingerprint density at radius 3 is 2.40 bits per heavy atom. The van der Waals surface area contributed by atoms with Crippen LogP contribution >= 0.6 is 30.1 Å². The van der Waals surface area contributed by atoms with Crippen LogP contribution in [0, 0.1) is 13.8 Å². The van der Waals surface area contributed by atoms with E-state index in [9.17, 15) is 4.79 Å². The van der Waals surface area contributed by atoms with E-state index in [1.807, 2.05) is 20.8 Å². The van der Waals surface area contributed by atoms with Gasteiger partial charge < -0.3 is 20.3 Å². The van der Waals surface area contributed by atoms with Gasteiger partial charge in [-0.2, -0.15) is 0 Å². The van der Waals surface area contributed by atoms with Gasteiger partial charge in [-0.15, -0.1) is 0 Å². The zero-order valence-electron chi connectivity index (χ0n) is 15.5. The first-order valence-corrected chi connectivity index (χ1v) is 11.4. The number of allylic oxidation sites excluding steroid dienone is 1. The van der Waals surface area contributed by atoms with Crippen molar-refractivity contribution in [2.75, 3.05) is 33.1 Å². The number of ether oxygens (including phenoxy) is 2. The number of methoxy groups -OCH3 is 1. The van der Waals surface area contributed by atoms with Crippen LogP contribution in [-0.4, -0.2) is 44.5 Å². The van der Waals surface area contributed by atoms with E-state index in [1.54, 1.807) is 16.0 Å².